The van der Waals surface area contributed by atoms with Gasteiger partial charge in [-0.25, -0.2) is 4.79 Å². The Hall–Kier alpha value is -1.10. The quantitative estimate of drug-likeness (QED) is 0.643. The summed E-state index contributed by atoms with van der Waals surface area (Å²) in [5.74, 6) is -1.24. The number of amides is 1. The summed E-state index contributed by atoms with van der Waals surface area (Å²) in [5, 5.41) is 11.3. The van der Waals surface area contributed by atoms with Gasteiger partial charge in [-0.2, -0.15) is 0 Å². The summed E-state index contributed by atoms with van der Waals surface area (Å²) in [6.07, 6.45) is 4.43. The molecule has 0 heterocycles. The van der Waals surface area contributed by atoms with Crippen molar-refractivity contribution >= 4 is 11.9 Å². The fourth-order valence-corrected chi connectivity index (χ4v) is 2.16. The van der Waals surface area contributed by atoms with Gasteiger partial charge in [-0.1, -0.05) is 19.8 Å². The zero-order chi connectivity index (χ0) is 12.2. The number of carbonyl (C=O) groups excluding carboxylic acids is 1. The van der Waals surface area contributed by atoms with Crippen LogP contribution in [0.3, 0.4) is 0 Å². The highest BCUT2D eigenvalue weighted by molar-refractivity contribution is 5.84. The number of aliphatic carboxylic acids is 1. The Balaban J connectivity index is 2.43. The standard InChI is InChI=1S/C11H20N2O3/c1-2-8(10(15)16)13-9(14)7-11(12)5-3-4-6-11/h8H,2-7,12H2,1H3,(H,13,14)(H,15,16)/t8-/m1/s1. The molecule has 5 heteroatoms. The lowest BCUT2D eigenvalue weighted by molar-refractivity contribution is -0.142. The number of nitrogens with one attached hydrogen (secondary N) is 1. The first-order chi connectivity index (χ1) is 7.47. The van der Waals surface area contributed by atoms with Crippen molar-refractivity contribution in [1.82, 2.24) is 5.32 Å². The largest absolute Gasteiger partial charge is 0.480 e. The summed E-state index contributed by atoms with van der Waals surface area (Å²) in [4.78, 5) is 22.4. The van der Waals surface area contributed by atoms with Crippen LogP contribution in [0.25, 0.3) is 0 Å². The highest BCUT2D eigenvalue weighted by Gasteiger charge is 2.32. The number of nitrogens with two attached hydrogens (primary N) is 1. The molecule has 5 nitrogen and oxygen atoms in total. The minimum Gasteiger partial charge on any atom is -0.480 e. The highest BCUT2D eigenvalue weighted by atomic mass is 16.4. The fourth-order valence-electron chi connectivity index (χ4n) is 2.16. The number of hydrogen-bond acceptors (Lipinski definition) is 3. The third-order valence-corrected chi connectivity index (χ3v) is 3.15. The van der Waals surface area contributed by atoms with Gasteiger partial charge >= 0.3 is 5.97 Å². The van der Waals surface area contributed by atoms with E-state index in [4.69, 9.17) is 10.8 Å². The van der Waals surface area contributed by atoms with E-state index in [1.807, 2.05) is 0 Å². The minimum atomic E-state index is -0.992. The first-order valence-electron chi connectivity index (χ1n) is 5.78. The lowest BCUT2D eigenvalue weighted by Gasteiger charge is -2.23. The van der Waals surface area contributed by atoms with Crippen LogP contribution in [0.2, 0.25) is 0 Å². The molecule has 0 spiro atoms. The second kappa shape index (κ2) is 5.30. The zero-order valence-electron chi connectivity index (χ0n) is 9.66. The number of hydrogen-bond donors (Lipinski definition) is 3. The molecule has 1 rings (SSSR count). The van der Waals surface area contributed by atoms with Gasteiger partial charge in [0.25, 0.3) is 0 Å². The predicted molar refractivity (Wildman–Crippen MR) is 59.9 cm³/mol. The molecule has 1 fully saturated rings. The normalized spacial score (nSPS) is 20.4. The number of carbonyl (C=O) groups is 2. The van der Waals surface area contributed by atoms with Crippen molar-refractivity contribution < 1.29 is 14.7 Å². The van der Waals surface area contributed by atoms with Crippen LogP contribution in [0.1, 0.15) is 45.4 Å². The van der Waals surface area contributed by atoms with Gasteiger partial charge in [-0.3, -0.25) is 4.79 Å². The van der Waals surface area contributed by atoms with Gasteiger partial charge in [0.1, 0.15) is 6.04 Å². The van der Waals surface area contributed by atoms with E-state index >= 15 is 0 Å². The van der Waals surface area contributed by atoms with Crippen molar-refractivity contribution in [2.45, 2.75) is 57.0 Å². The Labute approximate surface area is 95.4 Å². The van der Waals surface area contributed by atoms with Crippen molar-refractivity contribution in [2.75, 3.05) is 0 Å². The second-order valence-electron chi connectivity index (χ2n) is 4.61. The third kappa shape index (κ3) is 3.48. The zero-order valence-corrected chi connectivity index (χ0v) is 9.66. The van der Waals surface area contributed by atoms with Crippen LogP contribution in [0.4, 0.5) is 0 Å². The first-order valence-corrected chi connectivity index (χ1v) is 5.78. The smallest absolute Gasteiger partial charge is 0.326 e. The molecular formula is C11H20N2O3. The maximum atomic E-state index is 11.6. The summed E-state index contributed by atoms with van der Waals surface area (Å²) < 4.78 is 0. The van der Waals surface area contributed by atoms with E-state index in [-0.39, 0.29) is 12.3 Å². The van der Waals surface area contributed by atoms with Crippen LogP contribution >= 0.6 is 0 Å². The molecule has 0 radical (unpaired) electrons. The monoisotopic (exact) mass is 228 g/mol. The average molecular weight is 228 g/mol. The fraction of sp³-hybridized carbons (Fsp3) is 0.818. The molecule has 0 aromatic heterocycles. The molecule has 0 aromatic rings. The molecule has 0 bridgehead atoms. The van der Waals surface area contributed by atoms with Crippen molar-refractivity contribution in [3.8, 4) is 0 Å². The van der Waals surface area contributed by atoms with Gasteiger partial charge in [0, 0.05) is 12.0 Å². The Bertz CT molecular complexity index is 272. The van der Waals surface area contributed by atoms with Crippen LogP contribution < -0.4 is 11.1 Å². The Morgan fingerprint density at radius 1 is 1.44 bits per heavy atom. The molecule has 92 valence electrons. The molecule has 4 N–H and O–H groups in total. The van der Waals surface area contributed by atoms with Gasteiger partial charge in [-0.15, -0.1) is 0 Å². The summed E-state index contributed by atoms with van der Waals surface area (Å²) in [7, 11) is 0. The molecular weight excluding hydrogens is 208 g/mol. The van der Waals surface area contributed by atoms with E-state index in [0.29, 0.717) is 6.42 Å². The molecule has 16 heavy (non-hydrogen) atoms. The van der Waals surface area contributed by atoms with E-state index < -0.39 is 17.6 Å². The van der Waals surface area contributed by atoms with Gasteiger partial charge < -0.3 is 16.2 Å². The molecule has 1 aliphatic rings. The summed E-state index contributed by atoms with van der Waals surface area (Å²) in [5.41, 5.74) is 5.63. The molecule has 1 saturated carbocycles. The van der Waals surface area contributed by atoms with Crippen LogP contribution in [0, 0.1) is 0 Å². The second-order valence-corrected chi connectivity index (χ2v) is 4.61. The molecule has 1 atom stereocenters. The van der Waals surface area contributed by atoms with E-state index in [1.54, 1.807) is 6.92 Å². The Kier molecular flexibility index (Phi) is 4.29. The third-order valence-electron chi connectivity index (χ3n) is 3.15. The van der Waals surface area contributed by atoms with Gasteiger partial charge in [0.15, 0.2) is 0 Å². The first kappa shape index (κ1) is 13.0. The van der Waals surface area contributed by atoms with Crippen LogP contribution in [-0.4, -0.2) is 28.6 Å². The van der Waals surface area contributed by atoms with E-state index in [0.717, 1.165) is 25.7 Å². The molecule has 0 aromatic carbocycles. The van der Waals surface area contributed by atoms with Crippen molar-refractivity contribution in [3.05, 3.63) is 0 Å². The number of carboxylic acid groups (broad SMARTS) is 1. The van der Waals surface area contributed by atoms with Crippen LogP contribution in [0.5, 0.6) is 0 Å². The van der Waals surface area contributed by atoms with E-state index in [2.05, 4.69) is 5.32 Å². The average Bonchev–Trinajstić information content (AvgIpc) is 2.60. The summed E-state index contributed by atoms with van der Waals surface area (Å²) >= 11 is 0. The molecule has 0 unspecified atom stereocenters. The number of rotatable bonds is 5. The predicted octanol–water partition coefficient (Wildman–Crippen LogP) is 0.627. The van der Waals surface area contributed by atoms with Crippen molar-refractivity contribution in [1.29, 1.82) is 0 Å². The lowest BCUT2D eigenvalue weighted by Crippen LogP contribution is -2.46. The molecule has 0 aliphatic heterocycles. The van der Waals surface area contributed by atoms with Crippen LogP contribution in [0.15, 0.2) is 0 Å². The Morgan fingerprint density at radius 2 is 2.00 bits per heavy atom. The van der Waals surface area contributed by atoms with Crippen molar-refractivity contribution in [2.24, 2.45) is 5.73 Å². The maximum absolute atomic E-state index is 11.6. The van der Waals surface area contributed by atoms with Gasteiger partial charge in [-0.05, 0) is 19.3 Å². The summed E-state index contributed by atoms with van der Waals surface area (Å²) in [6.45, 7) is 1.73. The lowest BCUT2D eigenvalue weighted by atomic mass is 9.94. The maximum Gasteiger partial charge on any atom is 0.326 e. The Morgan fingerprint density at radius 3 is 2.44 bits per heavy atom. The highest BCUT2D eigenvalue weighted by Crippen LogP contribution is 2.29. The van der Waals surface area contributed by atoms with Crippen LogP contribution in [-0.2, 0) is 9.59 Å². The SMILES string of the molecule is CC[C@@H](NC(=O)CC1(N)CCCC1)C(=O)O. The molecule has 0 saturated heterocycles. The molecule has 1 aliphatic carbocycles. The summed E-state index contributed by atoms with van der Waals surface area (Å²) in [6, 6.07) is -0.794. The number of carboxylic acids is 1. The van der Waals surface area contributed by atoms with Crippen molar-refractivity contribution in [3.63, 3.8) is 0 Å². The van der Waals surface area contributed by atoms with E-state index in [1.165, 1.54) is 0 Å². The van der Waals surface area contributed by atoms with Gasteiger partial charge in [0.2, 0.25) is 5.91 Å². The topological polar surface area (TPSA) is 92.4 Å². The van der Waals surface area contributed by atoms with Gasteiger partial charge in [0.05, 0.1) is 0 Å². The van der Waals surface area contributed by atoms with E-state index in [9.17, 15) is 9.59 Å². The molecule has 1 amide bonds. The minimum absolute atomic E-state index is 0.233.